The molecule has 25 heavy (non-hydrogen) atoms. The first-order valence-electron chi connectivity index (χ1n) is 7.91. The highest BCUT2D eigenvalue weighted by Crippen LogP contribution is 2.43. The van der Waals surface area contributed by atoms with Gasteiger partial charge < -0.3 is 10.1 Å². The van der Waals surface area contributed by atoms with Gasteiger partial charge in [0.25, 0.3) is 0 Å². The van der Waals surface area contributed by atoms with Crippen LogP contribution in [-0.2, 0) is 16.1 Å². The maximum absolute atomic E-state index is 11.5. The van der Waals surface area contributed by atoms with E-state index in [2.05, 4.69) is 31.2 Å². The van der Waals surface area contributed by atoms with Crippen LogP contribution < -0.4 is 5.32 Å². The summed E-state index contributed by atoms with van der Waals surface area (Å²) in [5, 5.41) is 9.19. The van der Waals surface area contributed by atoms with Gasteiger partial charge >= 0.3 is 5.97 Å². The van der Waals surface area contributed by atoms with Gasteiger partial charge in [-0.25, -0.2) is 14.6 Å². The van der Waals surface area contributed by atoms with Crippen LogP contribution in [0.1, 0.15) is 17.9 Å². The highest BCUT2D eigenvalue weighted by molar-refractivity contribution is 6.30. The van der Waals surface area contributed by atoms with Crippen molar-refractivity contribution in [3.05, 3.63) is 47.4 Å². The van der Waals surface area contributed by atoms with E-state index in [1.54, 1.807) is 6.20 Å². The van der Waals surface area contributed by atoms with Crippen LogP contribution in [0.5, 0.6) is 0 Å². The number of aromatic nitrogens is 4. The molecule has 2 atom stereocenters. The third-order valence-corrected chi connectivity index (χ3v) is 4.56. The average molecular weight is 358 g/mol. The number of methoxy groups -OCH3 is 1. The van der Waals surface area contributed by atoms with Crippen molar-refractivity contribution in [2.45, 2.75) is 24.9 Å². The van der Waals surface area contributed by atoms with Crippen molar-refractivity contribution in [3.8, 4) is 0 Å². The molecule has 128 valence electrons. The summed E-state index contributed by atoms with van der Waals surface area (Å²) in [5.41, 5.74) is 1.82. The molecule has 0 saturated heterocycles. The van der Waals surface area contributed by atoms with Gasteiger partial charge in [-0.05, 0) is 24.1 Å². The maximum atomic E-state index is 11.5. The molecule has 8 heteroatoms. The number of esters is 1. The Bertz CT molecular complexity index is 942. The maximum Gasteiger partial charge on any atom is 0.327 e. The molecule has 2 unspecified atom stereocenters. The molecule has 0 radical (unpaired) electrons. The summed E-state index contributed by atoms with van der Waals surface area (Å²) < 4.78 is 6.19. The van der Waals surface area contributed by atoms with Gasteiger partial charge in [-0.15, -0.1) is 0 Å². The van der Waals surface area contributed by atoms with Crippen LogP contribution in [0.2, 0.25) is 5.02 Å². The number of ether oxygens (including phenoxy) is 1. The summed E-state index contributed by atoms with van der Waals surface area (Å²) in [6.45, 7) is 0.0189. The zero-order valence-corrected chi connectivity index (χ0v) is 14.3. The SMILES string of the molecule is COC(=O)Cn1ncc2c(NC3CC3c3cccc(Cl)c3)ncnc21. The minimum atomic E-state index is -0.374. The molecule has 2 heterocycles. The number of nitrogens with one attached hydrogen (secondary N) is 1. The molecule has 7 nitrogen and oxygen atoms in total. The second kappa shape index (κ2) is 6.33. The average Bonchev–Trinajstić information content (AvgIpc) is 3.27. The number of rotatable bonds is 5. The standard InChI is InChI=1S/C17H16ClN5O2/c1-25-15(24)8-23-17-13(7-21-23)16(19-9-20-17)22-14-6-12(14)10-3-2-4-11(18)5-10/h2-5,7,9,12,14H,6,8H2,1H3,(H,19,20,22). The number of fused-ring (bicyclic) bond motifs is 1. The summed E-state index contributed by atoms with van der Waals surface area (Å²) in [4.78, 5) is 20.0. The molecule has 4 rings (SSSR count). The zero-order valence-electron chi connectivity index (χ0n) is 13.5. The fourth-order valence-corrected chi connectivity index (χ4v) is 3.14. The number of carbonyl (C=O) groups excluding carboxylic acids is 1. The van der Waals surface area contributed by atoms with Crippen molar-refractivity contribution < 1.29 is 9.53 Å². The van der Waals surface area contributed by atoms with Crippen molar-refractivity contribution in [1.82, 2.24) is 19.7 Å². The van der Waals surface area contributed by atoms with E-state index < -0.39 is 0 Å². The largest absolute Gasteiger partial charge is 0.468 e. The van der Waals surface area contributed by atoms with E-state index in [1.165, 1.54) is 23.7 Å². The van der Waals surface area contributed by atoms with Crippen molar-refractivity contribution >= 4 is 34.4 Å². The monoisotopic (exact) mass is 357 g/mol. The van der Waals surface area contributed by atoms with Gasteiger partial charge in [0, 0.05) is 17.0 Å². The van der Waals surface area contributed by atoms with Crippen LogP contribution in [0.15, 0.2) is 36.8 Å². The second-order valence-electron chi connectivity index (χ2n) is 5.99. The Balaban J connectivity index is 1.54. The Kier molecular flexibility index (Phi) is 4.01. The molecule has 1 aliphatic carbocycles. The molecule has 0 bridgehead atoms. The topological polar surface area (TPSA) is 81.9 Å². The molecule has 0 aliphatic heterocycles. The highest BCUT2D eigenvalue weighted by Gasteiger charge is 2.39. The summed E-state index contributed by atoms with van der Waals surface area (Å²) in [7, 11) is 1.35. The molecular formula is C17H16ClN5O2. The number of anilines is 1. The zero-order chi connectivity index (χ0) is 17.4. The number of benzene rings is 1. The Morgan fingerprint density at radius 3 is 3.12 bits per heavy atom. The quantitative estimate of drug-likeness (QED) is 0.707. The van der Waals surface area contributed by atoms with E-state index in [1.807, 2.05) is 18.2 Å². The lowest BCUT2D eigenvalue weighted by molar-refractivity contribution is -0.141. The van der Waals surface area contributed by atoms with Gasteiger partial charge in [0.2, 0.25) is 0 Å². The van der Waals surface area contributed by atoms with Crippen LogP contribution in [0.25, 0.3) is 11.0 Å². The van der Waals surface area contributed by atoms with Crippen molar-refractivity contribution in [2.75, 3.05) is 12.4 Å². The third-order valence-electron chi connectivity index (χ3n) is 4.33. The predicted molar refractivity (Wildman–Crippen MR) is 93.6 cm³/mol. The molecule has 1 N–H and O–H groups in total. The summed E-state index contributed by atoms with van der Waals surface area (Å²) in [5.74, 6) is 0.755. The molecule has 1 aliphatic rings. The van der Waals surface area contributed by atoms with Crippen LogP contribution in [-0.4, -0.2) is 38.9 Å². The third kappa shape index (κ3) is 3.15. The molecule has 0 spiro atoms. The normalized spacial score (nSPS) is 19.0. The van der Waals surface area contributed by atoms with Crippen LogP contribution in [0.3, 0.4) is 0 Å². The first-order valence-corrected chi connectivity index (χ1v) is 8.29. The number of hydrogen-bond donors (Lipinski definition) is 1. The van der Waals surface area contributed by atoms with Gasteiger partial charge in [0.05, 0.1) is 18.7 Å². The minimum Gasteiger partial charge on any atom is -0.468 e. The van der Waals surface area contributed by atoms with E-state index in [0.29, 0.717) is 17.6 Å². The van der Waals surface area contributed by atoms with Crippen LogP contribution in [0.4, 0.5) is 5.82 Å². The Hall–Kier alpha value is -2.67. The number of halogens is 1. The molecule has 1 saturated carbocycles. The fourth-order valence-electron chi connectivity index (χ4n) is 2.95. The number of hydrogen-bond acceptors (Lipinski definition) is 6. The summed E-state index contributed by atoms with van der Waals surface area (Å²) in [6.07, 6.45) is 4.15. The smallest absolute Gasteiger partial charge is 0.327 e. The Morgan fingerprint density at radius 1 is 1.44 bits per heavy atom. The number of nitrogens with zero attached hydrogens (tertiary/aromatic N) is 4. The van der Waals surface area contributed by atoms with Gasteiger partial charge in [-0.2, -0.15) is 5.10 Å². The van der Waals surface area contributed by atoms with Gasteiger partial charge in [0.1, 0.15) is 18.7 Å². The molecule has 1 aromatic carbocycles. The molecule has 3 aromatic rings. The van der Waals surface area contributed by atoms with Crippen LogP contribution >= 0.6 is 11.6 Å². The molecule has 1 fully saturated rings. The summed E-state index contributed by atoms with van der Waals surface area (Å²) in [6, 6.07) is 8.22. The van der Waals surface area contributed by atoms with E-state index in [-0.39, 0.29) is 12.5 Å². The van der Waals surface area contributed by atoms with Gasteiger partial charge in [0.15, 0.2) is 5.65 Å². The Labute approximate surface area is 149 Å². The van der Waals surface area contributed by atoms with Crippen LogP contribution in [0, 0.1) is 0 Å². The lowest BCUT2D eigenvalue weighted by atomic mass is 10.1. The van der Waals surface area contributed by atoms with E-state index in [4.69, 9.17) is 11.6 Å². The first-order chi connectivity index (χ1) is 12.2. The molecule has 2 aromatic heterocycles. The molecule has 0 amide bonds. The Morgan fingerprint density at radius 2 is 2.32 bits per heavy atom. The summed E-state index contributed by atoms with van der Waals surface area (Å²) >= 11 is 6.07. The first kappa shape index (κ1) is 15.8. The van der Waals surface area contributed by atoms with Crippen molar-refractivity contribution in [3.63, 3.8) is 0 Å². The van der Waals surface area contributed by atoms with Crippen molar-refractivity contribution in [1.29, 1.82) is 0 Å². The fraction of sp³-hybridized carbons (Fsp3) is 0.294. The van der Waals surface area contributed by atoms with E-state index in [9.17, 15) is 4.79 Å². The number of carbonyl (C=O) groups is 1. The lowest BCUT2D eigenvalue weighted by Gasteiger charge is -2.07. The van der Waals surface area contributed by atoms with E-state index in [0.717, 1.165) is 22.6 Å². The predicted octanol–water partition coefficient (Wildman–Crippen LogP) is 2.62. The highest BCUT2D eigenvalue weighted by atomic mass is 35.5. The molecular weight excluding hydrogens is 342 g/mol. The van der Waals surface area contributed by atoms with Gasteiger partial charge in [-0.1, -0.05) is 23.7 Å². The second-order valence-corrected chi connectivity index (χ2v) is 6.42. The van der Waals surface area contributed by atoms with E-state index >= 15 is 0 Å². The minimum absolute atomic E-state index is 0.0189. The lowest BCUT2D eigenvalue weighted by Crippen LogP contribution is -2.13. The van der Waals surface area contributed by atoms with Crippen molar-refractivity contribution in [2.24, 2.45) is 0 Å². The van der Waals surface area contributed by atoms with Gasteiger partial charge in [-0.3, -0.25) is 4.79 Å².